The first-order valence-corrected chi connectivity index (χ1v) is 5.84. The summed E-state index contributed by atoms with van der Waals surface area (Å²) >= 11 is 7.03. The molecule has 2 aromatic rings. The summed E-state index contributed by atoms with van der Waals surface area (Å²) in [5.41, 5.74) is 7.33. The fourth-order valence-electron chi connectivity index (χ4n) is 1.19. The molecule has 2 heterocycles. The van der Waals surface area contributed by atoms with Crippen LogP contribution >= 0.6 is 22.9 Å². The SMILES string of the molecule is Nc1nc(Cn2cc(CCCl)nn2)cs1. The number of thiazole rings is 1. The van der Waals surface area contributed by atoms with Crippen LogP contribution in [0.3, 0.4) is 0 Å². The number of hydrogen-bond donors (Lipinski definition) is 1. The van der Waals surface area contributed by atoms with Gasteiger partial charge in [-0.25, -0.2) is 9.67 Å². The van der Waals surface area contributed by atoms with E-state index < -0.39 is 0 Å². The molecule has 0 amide bonds. The third-order valence-electron chi connectivity index (χ3n) is 1.83. The van der Waals surface area contributed by atoms with Crippen molar-refractivity contribution < 1.29 is 0 Å². The minimum Gasteiger partial charge on any atom is -0.375 e. The minimum atomic E-state index is 0.558. The Bertz CT molecular complexity index is 438. The topological polar surface area (TPSA) is 69.6 Å². The second-order valence-corrected chi connectivity index (χ2v) is 4.29. The van der Waals surface area contributed by atoms with E-state index in [0.717, 1.165) is 17.8 Å². The molecule has 2 rings (SSSR count). The fraction of sp³-hybridized carbons (Fsp3) is 0.375. The second-order valence-electron chi connectivity index (χ2n) is 3.02. The van der Waals surface area contributed by atoms with E-state index in [-0.39, 0.29) is 0 Å². The van der Waals surface area contributed by atoms with Crippen LogP contribution in [0.2, 0.25) is 0 Å². The number of aryl methyl sites for hydroxylation is 1. The summed E-state index contributed by atoms with van der Waals surface area (Å²) in [6.07, 6.45) is 2.61. The van der Waals surface area contributed by atoms with Crippen molar-refractivity contribution >= 4 is 28.1 Å². The maximum Gasteiger partial charge on any atom is 0.180 e. The quantitative estimate of drug-likeness (QED) is 0.818. The lowest BCUT2D eigenvalue weighted by molar-refractivity contribution is 0.641. The number of hydrogen-bond acceptors (Lipinski definition) is 5. The lowest BCUT2D eigenvalue weighted by Gasteiger charge is -1.94. The number of nitrogen functional groups attached to an aromatic ring is 1. The molecule has 5 nitrogen and oxygen atoms in total. The average Bonchev–Trinajstić information content (AvgIpc) is 2.78. The van der Waals surface area contributed by atoms with Gasteiger partial charge in [0.1, 0.15) is 0 Å². The lowest BCUT2D eigenvalue weighted by Crippen LogP contribution is -2.00. The number of nitrogens with zero attached hydrogens (tertiary/aromatic N) is 4. The van der Waals surface area contributed by atoms with Gasteiger partial charge in [0, 0.05) is 23.9 Å². The van der Waals surface area contributed by atoms with Gasteiger partial charge in [0.05, 0.1) is 17.9 Å². The molecule has 0 spiro atoms. The highest BCUT2D eigenvalue weighted by Crippen LogP contribution is 2.11. The van der Waals surface area contributed by atoms with Crippen LogP contribution in [0.15, 0.2) is 11.6 Å². The minimum absolute atomic E-state index is 0.558. The Morgan fingerprint density at radius 2 is 2.33 bits per heavy atom. The zero-order chi connectivity index (χ0) is 10.7. The van der Waals surface area contributed by atoms with Crippen molar-refractivity contribution in [3.8, 4) is 0 Å². The number of nitrogens with two attached hydrogens (primary N) is 1. The summed E-state index contributed by atoms with van der Waals surface area (Å²) in [7, 11) is 0. The van der Waals surface area contributed by atoms with Crippen LogP contribution in [0.5, 0.6) is 0 Å². The van der Waals surface area contributed by atoms with Gasteiger partial charge in [-0.15, -0.1) is 28.0 Å². The predicted octanol–water partition coefficient (Wildman–Crippen LogP) is 1.15. The Labute approximate surface area is 95.9 Å². The van der Waals surface area contributed by atoms with Crippen LogP contribution in [-0.4, -0.2) is 25.9 Å². The number of halogens is 1. The van der Waals surface area contributed by atoms with Gasteiger partial charge in [0.15, 0.2) is 5.13 Å². The standard InChI is InChI=1S/C8H10ClN5S/c9-2-1-6-3-14(13-12-6)4-7-5-15-8(10)11-7/h3,5H,1-2,4H2,(H2,10,11). The Hall–Kier alpha value is -1.14. The average molecular weight is 244 g/mol. The first-order chi connectivity index (χ1) is 7.28. The monoisotopic (exact) mass is 243 g/mol. The van der Waals surface area contributed by atoms with E-state index in [2.05, 4.69) is 15.3 Å². The van der Waals surface area contributed by atoms with E-state index in [4.69, 9.17) is 17.3 Å². The summed E-state index contributed by atoms with van der Waals surface area (Å²) in [6.45, 7) is 0.600. The highest BCUT2D eigenvalue weighted by Gasteiger charge is 2.03. The molecule has 15 heavy (non-hydrogen) atoms. The number of anilines is 1. The number of rotatable bonds is 4. The van der Waals surface area contributed by atoms with E-state index in [1.807, 2.05) is 11.6 Å². The molecule has 80 valence electrons. The molecule has 0 aliphatic carbocycles. The van der Waals surface area contributed by atoms with E-state index >= 15 is 0 Å². The Balaban J connectivity index is 2.04. The second kappa shape index (κ2) is 4.59. The highest BCUT2D eigenvalue weighted by molar-refractivity contribution is 7.13. The molecule has 0 saturated heterocycles. The van der Waals surface area contributed by atoms with Crippen LogP contribution in [0.25, 0.3) is 0 Å². The Kier molecular flexibility index (Phi) is 3.17. The van der Waals surface area contributed by atoms with Crippen molar-refractivity contribution in [3.05, 3.63) is 23.0 Å². The third-order valence-corrected chi connectivity index (χ3v) is 2.74. The highest BCUT2D eigenvalue weighted by atomic mass is 35.5. The van der Waals surface area contributed by atoms with Crippen molar-refractivity contribution in [2.24, 2.45) is 0 Å². The summed E-state index contributed by atoms with van der Waals surface area (Å²) in [5, 5.41) is 10.4. The molecule has 0 fully saturated rings. The lowest BCUT2D eigenvalue weighted by atomic mass is 10.4. The number of aromatic nitrogens is 4. The smallest absolute Gasteiger partial charge is 0.180 e. The van der Waals surface area contributed by atoms with E-state index in [1.165, 1.54) is 11.3 Å². The number of alkyl halides is 1. The van der Waals surface area contributed by atoms with Crippen molar-refractivity contribution in [2.45, 2.75) is 13.0 Å². The zero-order valence-electron chi connectivity index (χ0n) is 7.93. The van der Waals surface area contributed by atoms with Crippen LogP contribution in [0.4, 0.5) is 5.13 Å². The van der Waals surface area contributed by atoms with Crippen LogP contribution in [0.1, 0.15) is 11.4 Å². The van der Waals surface area contributed by atoms with Gasteiger partial charge < -0.3 is 5.73 Å². The maximum absolute atomic E-state index is 5.60. The van der Waals surface area contributed by atoms with Crippen LogP contribution < -0.4 is 5.73 Å². The van der Waals surface area contributed by atoms with E-state index in [9.17, 15) is 0 Å². The Morgan fingerprint density at radius 3 is 3.00 bits per heavy atom. The Morgan fingerprint density at radius 1 is 1.47 bits per heavy atom. The maximum atomic E-state index is 5.60. The molecule has 2 aromatic heterocycles. The normalized spacial score (nSPS) is 10.7. The molecule has 0 aliphatic rings. The van der Waals surface area contributed by atoms with Gasteiger partial charge in [0.2, 0.25) is 0 Å². The molecule has 0 saturated carbocycles. The first-order valence-electron chi connectivity index (χ1n) is 4.43. The molecule has 0 unspecified atom stereocenters. The van der Waals surface area contributed by atoms with Gasteiger partial charge >= 0.3 is 0 Å². The molecule has 0 atom stereocenters. The van der Waals surface area contributed by atoms with Crippen LogP contribution in [-0.2, 0) is 13.0 Å². The molecule has 0 aliphatic heterocycles. The zero-order valence-corrected chi connectivity index (χ0v) is 9.50. The van der Waals surface area contributed by atoms with Gasteiger partial charge in [-0.2, -0.15) is 0 Å². The summed E-state index contributed by atoms with van der Waals surface area (Å²) in [5.74, 6) is 0.558. The van der Waals surface area contributed by atoms with Gasteiger partial charge in [-0.3, -0.25) is 0 Å². The largest absolute Gasteiger partial charge is 0.375 e. The third kappa shape index (κ3) is 2.66. The first kappa shape index (κ1) is 10.4. The molecular formula is C8H10ClN5S. The fourth-order valence-corrected chi connectivity index (χ4v) is 1.94. The van der Waals surface area contributed by atoms with Crippen LogP contribution in [0, 0.1) is 0 Å². The van der Waals surface area contributed by atoms with E-state index in [0.29, 0.717) is 17.6 Å². The summed E-state index contributed by atoms with van der Waals surface area (Å²) < 4.78 is 1.73. The molecular weight excluding hydrogens is 234 g/mol. The predicted molar refractivity (Wildman–Crippen MR) is 60.1 cm³/mol. The molecule has 0 bridgehead atoms. The van der Waals surface area contributed by atoms with Crippen molar-refractivity contribution in [2.75, 3.05) is 11.6 Å². The van der Waals surface area contributed by atoms with Crippen molar-refractivity contribution in [1.29, 1.82) is 0 Å². The summed E-state index contributed by atoms with van der Waals surface area (Å²) in [4.78, 5) is 4.14. The van der Waals surface area contributed by atoms with Gasteiger partial charge in [0.25, 0.3) is 0 Å². The molecule has 2 N–H and O–H groups in total. The van der Waals surface area contributed by atoms with E-state index in [1.54, 1.807) is 4.68 Å². The van der Waals surface area contributed by atoms with Crippen molar-refractivity contribution in [3.63, 3.8) is 0 Å². The van der Waals surface area contributed by atoms with Gasteiger partial charge in [-0.05, 0) is 0 Å². The summed E-state index contributed by atoms with van der Waals surface area (Å²) in [6, 6.07) is 0. The van der Waals surface area contributed by atoms with Crippen molar-refractivity contribution in [1.82, 2.24) is 20.0 Å². The molecule has 0 aromatic carbocycles. The molecule has 7 heteroatoms. The molecule has 0 radical (unpaired) electrons. The van der Waals surface area contributed by atoms with Gasteiger partial charge in [-0.1, -0.05) is 5.21 Å².